The Balaban J connectivity index is 2.31. The summed E-state index contributed by atoms with van der Waals surface area (Å²) in [7, 11) is -0.776. The third kappa shape index (κ3) is 2.93. The molecule has 0 bridgehead atoms. The van der Waals surface area contributed by atoms with Crippen LogP contribution in [0.5, 0.6) is 11.5 Å². The second kappa shape index (κ2) is 5.29. The van der Waals surface area contributed by atoms with Crippen LogP contribution in [0.2, 0.25) is 13.1 Å². The largest absolute Gasteiger partial charge is 0.485 e. The van der Waals surface area contributed by atoms with E-state index >= 15 is 0 Å². The predicted octanol–water partition coefficient (Wildman–Crippen LogP) is 3.09. The Bertz CT molecular complexity index is 484. The molecule has 0 saturated heterocycles. The van der Waals surface area contributed by atoms with E-state index in [0.717, 1.165) is 5.75 Å². The summed E-state index contributed by atoms with van der Waals surface area (Å²) >= 11 is 0. The lowest BCUT2D eigenvalue weighted by molar-refractivity contribution is -0.110. The summed E-state index contributed by atoms with van der Waals surface area (Å²) in [6.45, 7) is 11.7. The first kappa shape index (κ1) is 15.2. The maximum Gasteiger partial charge on any atom is 0.205 e. The van der Waals surface area contributed by atoms with Crippen LogP contribution in [0.15, 0.2) is 18.2 Å². The fourth-order valence-corrected chi connectivity index (χ4v) is 2.60. The minimum absolute atomic E-state index is 0.105. The topological polar surface area (TPSA) is 53.7 Å². The number of nitrogens with two attached hydrogens (primary N) is 1. The molecule has 2 rings (SSSR count). The van der Waals surface area contributed by atoms with Crippen molar-refractivity contribution in [1.29, 1.82) is 0 Å². The van der Waals surface area contributed by atoms with Crippen LogP contribution in [0.25, 0.3) is 0 Å². The van der Waals surface area contributed by atoms with Crippen LogP contribution in [-0.4, -0.2) is 27.9 Å². The van der Waals surface area contributed by atoms with E-state index in [9.17, 15) is 0 Å². The van der Waals surface area contributed by atoms with Crippen molar-refractivity contribution in [2.75, 3.05) is 18.9 Å². The van der Waals surface area contributed by atoms with E-state index in [2.05, 4.69) is 33.9 Å². The molecule has 0 spiro atoms. The molecule has 20 heavy (non-hydrogen) atoms. The zero-order valence-electron chi connectivity index (χ0n) is 12.9. The van der Waals surface area contributed by atoms with Gasteiger partial charge in [0.25, 0.3) is 0 Å². The Kier molecular flexibility index (Phi) is 4.02. The standard InChI is InChI=1S/C15H24NO3Si/c1-14(2,3)15(10-18-20(4)5)9-17-12-7-6-11(16)8-13(12)19-15/h6-8H,9-10,16H2,1-5H3. The minimum Gasteiger partial charge on any atom is -0.485 e. The van der Waals surface area contributed by atoms with E-state index in [1.54, 1.807) is 0 Å². The van der Waals surface area contributed by atoms with Gasteiger partial charge in [-0.05, 0) is 25.2 Å². The molecule has 4 nitrogen and oxygen atoms in total. The molecule has 1 aliphatic rings. The Hall–Kier alpha value is -1.20. The first-order chi connectivity index (χ1) is 9.23. The first-order valence-corrected chi connectivity index (χ1v) is 9.29. The molecule has 2 N–H and O–H groups in total. The van der Waals surface area contributed by atoms with Crippen LogP contribution < -0.4 is 15.2 Å². The van der Waals surface area contributed by atoms with Gasteiger partial charge < -0.3 is 19.6 Å². The summed E-state index contributed by atoms with van der Waals surface area (Å²) < 4.78 is 18.1. The van der Waals surface area contributed by atoms with Gasteiger partial charge in [-0.25, -0.2) is 0 Å². The normalized spacial score (nSPS) is 22.1. The highest BCUT2D eigenvalue weighted by Gasteiger charge is 2.48. The summed E-state index contributed by atoms with van der Waals surface area (Å²) in [5.74, 6) is 1.45. The lowest BCUT2D eigenvalue weighted by Crippen LogP contribution is -2.58. The predicted molar refractivity (Wildman–Crippen MR) is 82.6 cm³/mol. The molecule has 1 unspecified atom stereocenters. The highest BCUT2D eigenvalue weighted by molar-refractivity contribution is 6.48. The molecular weight excluding hydrogens is 270 g/mol. The van der Waals surface area contributed by atoms with E-state index < -0.39 is 14.6 Å². The monoisotopic (exact) mass is 294 g/mol. The molecule has 1 aromatic carbocycles. The van der Waals surface area contributed by atoms with Crippen molar-refractivity contribution >= 4 is 14.7 Å². The van der Waals surface area contributed by atoms with Gasteiger partial charge in [0.15, 0.2) is 17.1 Å². The van der Waals surface area contributed by atoms with E-state index in [-0.39, 0.29) is 5.41 Å². The average Bonchev–Trinajstić information content (AvgIpc) is 2.34. The van der Waals surface area contributed by atoms with E-state index in [1.807, 2.05) is 18.2 Å². The van der Waals surface area contributed by atoms with Gasteiger partial charge in [-0.2, -0.15) is 0 Å². The maximum atomic E-state index is 6.30. The molecule has 1 radical (unpaired) electrons. The zero-order chi connectivity index (χ0) is 15.0. The van der Waals surface area contributed by atoms with Crippen LogP contribution in [0, 0.1) is 5.41 Å². The molecule has 0 saturated carbocycles. The highest BCUT2D eigenvalue weighted by atomic mass is 28.3. The van der Waals surface area contributed by atoms with Crippen molar-refractivity contribution in [1.82, 2.24) is 0 Å². The molecule has 1 aromatic rings. The van der Waals surface area contributed by atoms with Crippen LogP contribution in [0.3, 0.4) is 0 Å². The summed E-state index contributed by atoms with van der Waals surface area (Å²) in [6.07, 6.45) is 0. The summed E-state index contributed by atoms with van der Waals surface area (Å²) in [5.41, 5.74) is 5.92. The van der Waals surface area contributed by atoms with Crippen molar-refractivity contribution in [3.8, 4) is 11.5 Å². The number of fused-ring (bicyclic) bond motifs is 1. The van der Waals surface area contributed by atoms with Crippen LogP contribution in [0.4, 0.5) is 5.69 Å². The molecule has 0 amide bonds. The molecule has 1 aliphatic heterocycles. The second-order valence-electron chi connectivity index (χ2n) is 6.54. The maximum absolute atomic E-state index is 6.30. The number of anilines is 1. The van der Waals surface area contributed by atoms with Crippen LogP contribution >= 0.6 is 0 Å². The summed E-state index contributed by atoms with van der Waals surface area (Å²) in [4.78, 5) is 0. The van der Waals surface area contributed by atoms with Gasteiger partial charge >= 0.3 is 0 Å². The van der Waals surface area contributed by atoms with Crippen LogP contribution in [-0.2, 0) is 4.43 Å². The smallest absolute Gasteiger partial charge is 0.205 e. The molecule has 1 atom stereocenters. The quantitative estimate of drug-likeness (QED) is 0.687. The van der Waals surface area contributed by atoms with Gasteiger partial charge in [-0.1, -0.05) is 20.8 Å². The van der Waals surface area contributed by atoms with Gasteiger partial charge in [0.1, 0.15) is 6.61 Å². The number of hydrogen-bond acceptors (Lipinski definition) is 4. The van der Waals surface area contributed by atoms with Gasteiger partial charge in [0, 0.05) is 17.2 Å². The summed E-state index contributed by atoms with van der Waals surface area (Å²) in [5, 5.41) is 0. The van der Waals surface area contributed by atoms with Crippen molar-refractivity contribution in [2.45, 2.75) is 39.5 Å². The van der Waals surface area contributed by atoms with E-state index in [0.29, 0.717) is 24.7 Å². The number of benzene rings is 1. The van der Waals surface area contributed by atoms with Gasteiger partial charge in [0.2, 0.25) is 9.04 Å². The summed E-state index contributed by atoms with van der Waals surface area (Å²) in [6, 6.07) is 5.49. The molecule has 111 valence electrons. The first-order valence-electron chi connectivity index (χ1n) is 6.88. The van der Waals surface area contributed by atoms with E-state index in [4.69, 9.17) is 19.6 Å². The fraction of sp³-hybridized carbons (Fsp3) is 0.600. The van der Waals surface area contributed by atoms with Crippen molar-refractivity contribution < 1.29 is 13.9 Å². The molecule has 0 aromatic heterocycles. The molecule has 1 heterocycles. The van der Waals surface area contributed by atoms with Crippen molar-refractivity contribution in [3.63, 3.8) is 0 Å². The number of rotatable bonds is 3. The molecule has 5 heteroatoms. The molecule has 0 aliphatic carbocycles. The van der Waals surface area contributed by atoms with Crippen molar-refractivity contribution in [3.05, 3.63) is 18.2 Å². The van der Waals surface area contributed by atoms with Crippen molar-refractivity contribution in [2.24, 2.45) is 5.41 Å². The van der Waals surface area contributed by atoms with Gasteiger partial charge in [-0.15, -0.1) is 0 Å². The molecular formula is C15H24NO3Si. The number of hydrogen-bond donors (Lipinski definition) is 1. The molecule has 0 fully saturated rings. The Morgan fingerprint density at radius 3 is 2.60 bits per heavy atom. The SMILES string of the molecule is C[Si](C)OCC1(C(C)(C)C)COc2ccc(N)cc2O1. The third-order valence-corrected chi connectivity index (χ3v) is 4.42. The Morgan fingerprint density at radius 2 is 2.00 bits per heavy atom. The van der Waals surface area contributed by atoms with Gasteiger partial charge in [0.05, 0.1) is 6.61 Å². The Labute approximate surface area is 122 Å². The van der Waals surface area contributed by atoms with Crippen LogP contribution in [0.1, 0.15) is 20.8 Å². The Morgan fingerprint density at radius 1 is 1.30 bits per heavy atom. The second-order valence-corrected chi connectivity index (χ2v) is 8.64. The van der Waals surface area contributed by atoms with Gasteiger partial charge in [-0.3, -0.25) is 0 Å². The lowest BCUT2D eigenvalue weighted by Gasteiger charge is -2.47. The minimum atomic E-state index is -0.776. The third-order valence-electron chi connectivity index (χ3n) is 3.69. The number of ether oxygens (including phenoxy) is 2. The number of nitrogen functional groups attached to an aromatic ring is 1. The average molecular weight is 294 g/mol. The van der Waals surface area contributed by atoms with E-state index in [1.165, 1.54) is 0 Å². The highest BCUT2D eigenvalue weighted by Crippen LogP contribution is 2.43. The zero-order valence-corrected chi connectivity index (χ0v) is 13.9. The fourth-order valence-electron chi connectivity index (χ4n) is 2.08. The lowest BCUT2D eigenvalue weighted by atomic mass is 9.76.